The number of nitrogens with one attached hydrogen (secondary N) is 1. The quantitative estimate of drug-likeness (QED) is 0.534. The van der Waals surface area contributed by atoms with Gasteiger partial charge < -0.3 is 14.5 Å². The minimum absolute atomic E-state index is 0.102. The lowest BCUT2D eigenvalue weighted by atomic mass is 10.00. The second-order valence-electron chi connectivity index (χ2n) is 10.5. The molecule has 0 bridgehead atoms. The van der Waals surface area contributed by atoms with Gasteiger partial charge in [-0.25, -0.2) is 0 Å². The summed E-state index contributed by atoms with van der Waals surface area (Å²) in [4.78, 5) is 16.2. The number of aromatic amines is 1. The van der Waals surface area contributed by atoms with E-state index in [1.165, 1.54) is 17.5 Å². The van der Waals surface area contributed by atoms with E-state index in [4.69, 9.17) is 9.84 Å². The molecule has 1 unspecified atom stereocenters. The summed E-state index contributed by atoms with van der Waals surface area (Å²) in [5.74, 6) is 2.14. The van der Waals surface area contributed by atoms with Crippen molar-refractivity contribution in [2.75, 3.05) is 38.3 Å². The third-order valence-corrected chi connectivity index (χ3v) is 7.49. The molecule has 0 aliphatic carbocycles. The van der Waals surface area contributed by atoms with Crippen molar-refractivity contribution in [3.63, 3.8) is 0 Å². The number of H-pyrrole nitrogens is 1. The summed E-state index contributed by atoms with van der Waals surface area (Å²) in [7, 11) is 2.00. The standard InChI is InChI=1S/C25H28N6O.C5H10O/c1-18(32)30-13-12-24-23(17-30)25(28-27-24)31(15-19-6-4-3-5-7-19)22-10-8-20(9-11-22)21-14-26-29(2)16-21;1-5-2-3-6-4-5/h3-11,14,21H,12-13,15-17H2,1-2H3,(H,27,28);5H,2-4H2,1H3/t;5-/m.0/s1. The van der Waals surface area contributed by atoms with Crippen molar-refractivity contribution in [3.8, 4) is 0 Å². The highest BCUT2D eigenvalue weighted by Gasteiger charge is 2.27. The molecule has 4 heterocycles. The number of hydrogen-bond donors (Lipinski definition) is 1. The van der Waals surface area contributed by atoms with Gasteiger partial charge in [0.05, 0.1) is 6.54 Å². The largest absolute Gasteiger partial charge is 0.381 e. The Hall–Kier alpha value is -3.65. The number of hydrazone groups is 1. The molecule has 0 saturated carbocycles. The Labute approximate surface area is 225 Å². The molecule has 8 nitrogen and oxygen atoms in total. The van der Waals surface area contributed by atoms with E-state index in [9.17, 15) is 4.79 Å². The third-order valence-electron chi connectivity index (χ3n) is 7.49. The molecule has 1 aromatic heterocycles. The van der Waals surface area contributed by atoms with Crippen LogP contribution in [0.3, 0.4) is 0 Å². The van der Waals surface area contributed by atoms with Crippen molar-refractivity contribution in [3.05, 3.63) is 77.0 Å². The summed E-state index contributed by atoms with van der Waals surface area (Å²) in [6.07, 6.45) is 4.08. The average molecular weight is 515 g/mol. The van der Waals surface area contributed by atoms with E-state index in [1.54, 1.807) is 6.92 Å². The lowest BCUT2D eigenvalue weighted by Gasteiger charge is -2.29. The lowest BCUT2D eigenvalue weighted by Crippen LogP contribution is -2.34. The number of anilines is 2. The maximum atomic E-state index is 12.0. The van der Waals surface area contributed by atoms with E-state index in [-0.39, 0.29) is 5.91 Å². The van der Waals surface area contributed by atoms with Crippen LogP contribution in [0.4, 0.5) is 11.5 Å². The highest BCUT2D eigenvalue weighted by Crippen LogP contribution is 2.34. The molecule has 3 aromatic rings. The second kappa shape index (κ2) is 11.8. The highest BCUT2D eigenvalue weighted by molar-refractivity contribution is 5.75. The molecule has 0 radical (unpaired) electrons. The number of rotatable bonds is 5. The maximum Gasteiger partial charge on any atom is 0.219 e. The van der Waals surface area contributed by atoms with Crippen LogP contribution in [0.1, 0.15) is 48.6 Å². The minimum atomic E-state index is 0.102. The Kier molecular flexibility index (Phi) is 8.08. The summed E-state index contributed by atoms with van der Waals surface area (Å²) in [5.41, 5.74) is 5.77. The van der Waals surface area contributed by atoms with Crippen LogP contribution >= 0.6 is 0 Å². The van der Waals surface area contributed by atoms with Crippen LogP contribution in [0, 0.1) is 5.92 Å². The van der Waals surface area contributed by atoms with Crippen LogP contribution in [0.25, 0.3) is 0 Å². The number of carbonyl (C=O) groups is 1. The number of nitrogens with zero attached hydrogens (tertiary/aromatic N) is 5. The number of aromatic nitrogens is 2. The predicted octanol–water partition coefficient (Wildman–Crippen LogP) is 4.71. The smallest absolute Gasteiger partial charge is 0.219 e. The van der Waals surface area contributed by atoms with Gasteiger partial charge in [0.15, 0.2) is 5.82 Å². The van der Waals surface area contributed by atoms with Gasteiger partial charge in [-0.15, -0.1) is 0 Å². The third kappa shape index (κ3) is 6.07. The van der Waals surface area contributed by atoms with E-state index in [1.807, 2.05) is 29.2 Å². The van der Waals surface area contributed by atoms with Gasteiger partial charge in [0, 0.05) is 82.3 Å². The topological polar surface area (TPSA) is 77.1 Å². The number of fused-ring (bicyclic) bond motifs is 1. The normalized spacial score (nSPS) is 20.2. The fraction of sp³-hybridized carbons (Fsp3) is 0.433. The fourth-order valence-electron chi connectivity index (χ4n) is 5.14. The molecule has 1 fully saturated rings. The number of amides is 1. The SMILES string of the molecule is CC(=O)N1CCc2[nH]nc(N(Cc3ccccc3)c3ccc(C4C=NN(C)C4)cc3)c2C1.C[C@H]1CCOC1. The molecule has 3 aliphatic heterocycles. The molecular formula is C30H38N6O2. The van der Waals surface area contributed by atoms with E-state index in [0.29, 0.717) is 19.0 Å². The molecule has 1 N–H and O–H groups in total. The van der Waals surface area contributed by atoms with Gasteiger partial charge in [-0.1, -0.05) is 49.4 Å². The highest BCUT2D eigenvalue weighted by atomic mass is 16.5. The number of likely N-dealkylation sites (N-methyl/N-ethyl adjacent to an activating group) is 1. The molecule has 6 rings (SSSR count). The zero-order valence-corrected chi connectivity index (χ0v) is 22.6. The van der Waals surface area contributed by atoms with Crippen molar-refractivity contribution in [1.82, 2.24) is 20.1 Å². The molecule has 200 valence electrons. The Balaban J connectivity index is 0.000000433. The van der Waals surface area contributed by atoms with Crippen LogP contribution in [-0.2, 0) is 29.0 Å². The number of hydrogen-bond acceptors (Lipinski definition) is 6. The number of carbonyl (C=O) groups excluding carboxylic acids is 1. The molecule has 3 aliphatic rings. The summed E-state index contributed by atoms with van der Waals surface area (Å²) >= 11 is 0. The van der Waals surface area contributed by atoms with Gasteiger partial charge in [-0.2, -0.15) is 10.2 Å². The summed E-state index contributed by atoms with van der Waals surface area (Å²) in [6.45, 7) is 8.74. The lowest BCUT2D eigenvalue weighted by molar-refractivity contribution is -0.129. The van der Waals surface area contributed by atoms with Crippen LogP contribution < -0.4 is 4.90 Å². The van der Waals surface area contributed by atoms with Gasteiger partial charge >= 0.3 is 0 Å². The van der Waals surface area contributed by atoms with Crippen LogP contribution in [-0.4, -0.2) is 65.6 Å². The predicted molar refractivity (Wildman–Crippen MR) is 151 cm³/mol. The van der Waals surface area contributed by atoms with Gasteiger partial charge in [0.1, 0.15) is 0 Å². The van der Waals surface area contributed by atoms with Crippen molar-refractivity contribution in [1.29, 1.82) is 0 Å². The molecule has 1 amide bonds. The van der Waals surface area contributed by atoms with Gasteiger partial charge in [-0.05, 0) is 35.6 Å². The first-order chi connectivity index (χ1) is 18.5. The number of benzene rings is 2. The Morgan fingerprint density at radius 3 is 2.55 bits per heavy atom. The Bertz CT molecular complexity index is 1230. The first-order valence-electron chi connectivity index (χ1n) is 13.5. The Morgan fingerprint density at radius 1 is 1.16 bits per heavy atom. The van der Waals surface area contributed by atoms with Crippen LogP contribution in [0.15, 0.2) is 59.7 Å². The van der Waals surface area contributed by atoms with Crippen molar-refractivity contribution >= 4 is 23.6 Å². The summed E-state index contributed by atoms with van der Waals surface area (Å²) in [5, 5.41) is 14.3. The van der Waals surface area contributed by atoms with Gasteiger partial charge in [0.2, 0.25) is 5.91 Å². The van der Waals surface area contributed by atoms with Crippen molar-refractivity contribution in [2.24, 2.45) is 11.0 Å². The van der Waals surface area contributed by atoms with E-state index in [0.717, 1.165) is 61.4 Å². The molecule has 38 heavy (non-hydrogen) atoms. The molecule has 0 spiro atoms. The van der Waals surface area contributed by atoms with E-state index in [2.05, 4.69) is 70.6 Å². The maximum absolute atomic E-state index is 12.0. The first kappa shape index (κ1) is 26.0. The summed E-state index contributed by atoms with van der Waals surface area (Å²) in [6, 6.07) is 19.1. The molecular weight excluding hydrogens is 476 g/mol. The second-order valence-corrected chi connectivity index (χ2v) is 10.5. The zero-order chi connectivity index (χ0) is 26.5. The van der Waals surface area contributed by atoms with E-state index >= 15 is 0 Å². The molecule has 8 heteroatoms. The molecule has 1 saturated heterocycles. The van der Waals surface area contributed by atoms with E-state index < -0.39 is 0 Å². The average Bonchev–Trinajstić information content (AvgIpc) is 3.69. The molecule has 2 atom stereocenters. The number of ether oxygens (including phenoxy) is 1. The van der Waals surface area contributed by atoms with Crippen LogP contribution in [0.5, 0.6) is 0 Å². The monoisotopic (exact) mass is 514 g/mol. The van der Waals surface area contributed by atoms with Gasteiger partial charge in [0.25, 0.3) is 0 Å². The van der Waals surface area contributed by atoms with Crippen molar-refractivity contribution in [2.45, 2.75) is 45.7 Å². The fourth-order valence-corrected chi connectivity index (χ4v) is 5.14. The summed E-state index contributed by atoms with van der Waals surface area (Å²) < 4.78 is 5.06. The molecule has 2 aromatic carbocycles. The van der Waals surface area contributed by atoms with Crippen LogP contribution in [0.2, 0.25) is 0 Å². The Morgan fingerprint density at radius 2 is 1.95 bits per heavy atom. The first-order valence-corrected chi connectivity index (χ1v) is 13.5. The van der Waals surface area contributed by atoms with Gasteiger partial charge in [-0.3, -0.25) is 14.9 Å². The minimum Gasteiger partial charge on any atom is -0.381 e. The van der Waals surface area contributed by atoms with Crippen molar-refractivity contribution < 1.29 is 9.53 Å². The zero-order valence-electron chi connectivity index (χ0n) is 22.6.